The van der Waals surface area contributed by atoms with Gasteiger partial charge in [0.2, 0.25) is 0 Å². The minimum Gasteiger partial charge on any atom is -0.461 e. The molecule has 0 aliphatic heterocycles. The summed E-state index contributed by atoms with van der Waals surface area (Å²) in [6.07, 6.45) is -0.626. The van der Waals surface area contributed by atoms with Crippen LogP contribution in [0.4, 0.5) is 4.39 Å². The van der Waals surface area contributed by atoms with Gasteiger partial charge in [0.15, 0.2) is 6.10 Å². The Morgan fingerprint density at radius 3 is 2.68 bits per heavy atom. The molecule has 2 aromatic rings. The largest absolute Gasteiger partial charge is 0.461 e. The highest BCUT2D eigenvalue weighted by atomic mass is 19.1. The monoisotopic (exact) mass is 305 g/mol. The first kappa shape index (κ1) is 15.8. The number of esters is 1. The van der Waals surface area contributed by atoms with E-state index in [1.807, 2.05) is 0 Å². The molecule has 0 aliphatic rings. The molecule has 0 saturated carbocycles. The first-order valence-corrected chi connectivity index (χ1v) is 6.80. The average molecular weight is 305 g/mol. The fraction of sp³-hybridized carbons (Fsp3) is 0.250. The van der Waals surface area contributed by atoms with Crippen molar-refractivity contribution >= 4 is 11.9 Å². The van der Waals surface area contributed by atoms with Crippen molar-refractivity contribution in [3.8, 4) is 11.3 Å². The number of aryl methyl sites for hydroxylation is 1. The van der Waals surface area contributed by atoms with Gasteiger partial charge in [-0.1, -0.05) is 12.1 Å². The maximum atomic E-state index is 13.6. The number of carbonyl (C=O) groups excluding carboxylic acids is 2. The van der Waals surface area contributed by atoms with Crippen molar-refractivity contribution in [2.24, 2.45) is 5.73 Å². The van der Waals surface area contributed by atoms with Crippen molar-refractivity contribution in [3.05, 3.63) is 48.0 Å². The zero-order valence-electron chi connectivity index (χ0n) is 12.0. The van der Waals surface area contributed by atoms with Crippen LogP contribution in [0.2, 0.25) is 0 Å². The van der Waals surface area contributed by atoms with Crippen LogP contribution < -0.4 is 5.73 Å². The van der Waals surface area contributed by atoms with Gasteiger partial charge in [0.1, 0.15) is 17.3 Å². The van der Waals surface area contributed by atoms with E-state index in [2.05, 4.69) is 0 Å². The number of furan rings is 1. The van der Waals surface area contributed by atoms with Crippen molar-refractivity contribution in [1.29, 1.82) is 0 Å². The van der Waals surface area contributed by atoms with E-state index in [-0.39, 0.29) is 12.2 Å². The summed E-state index contributed by atoms with van der Waals surface area (Å²) in [6.45, 7) is 1.41. The van der Waals surface area contributed by atoms with Crippen LogP contribution in [0.25, 0.3) is 11.3 Å². The summed E-state index contributed by atoms with van der Waals surface area (Å²) in [5, 5.41) is 0. The van der Waals surface area contributed by atoms with Crippen LogP contribution >= 0.6 is 0 Å². The molecule has 1 amide bonds. The van der Waals surface area contributed by atoms with Gasteiger partial charge in [0, 0.05) is 6.42 Å². The number of hydrogen-bond acceptors (Lipinski definition) is 4. The molecule has 0 radical (unpaired) electrons. The van der Waals surface area contributed by atoms with Crippen LogP contribution in [-0.2, 0) is 20.7 Å². The standard InChI is InChI=1S/C16H16FNO4/c1-10(16(18)20)21-15(19)9-7-11-6-8-14(22-11)12-4-2-3-5-13(12)17/h2-6,8,10H,7,9H2,1H3,(H2,18,20)/t10-/m0/s1. The molecule has 1 aromatic carbocycles. The zero-order valence-corrected chi connectivity index (χ0v) is 12.0. The molecule has 6 heteroatoms. The molecule has 0 bridgehead atoms. The summed E-state index contributed by atoms with van der Waals surface area (Å²) in [6, 6.07) is 9.58. The van der Waals surface area contributed by atoms with E-state index >= 15 is 0 Å². The van der Waals surface area contributed by atoms with Gasteiger partial charge in [-0.25, -0.2) is 4.39 Å². The minimum atomic E-state index is -0.960. The van der Waals surface area contributed by atoms with E-state index in [0.29, 0.717) is 23.5 Å². The maximum Gasteiger partial charge on any atom is 0.307 e. The van der Waals surface area contributed by atoms with E-state index < -0.39 is 18.0 Å². The van der Waals surface area contributed by atoms with Crippen molar-refractivity contribution < 1.29 is 23.1 Å². The van der Waals surface area contributed by atoms with Crippen LogP contribution in [0.15, 0.2) is 40.8 Å². The Kier molecular flexibility index (Phi) is 4.93. The SMILES string of the molecule is C[C@H](OC(=O)CCc1ccc(-c2ccccc2F)o1)C(N)=O. The molecular formula is C16H16FNO4. The Hall–Kier alpha value is -2.63. The third-order valence-electron chi connectivity index (χ3n) is 3.09. The Morgan fingerprint density at radius 1 is 1.27 bits per heavy atom. The van der Waals surface area contributed by atoms with Gasteiger partial charge in [0.05, 0.1) is 12.0 Å². The lowest BCUT2D eigenvalue weighted by Gasteiger charge is -2.08. The Bertz CT molecular complexity index is 680. The Labute approximate surface area is 126 Å². The van der Waals surface area contributed by atoms with Gasteiger partial charge < -0.3 is 14.9 Å². The van der Waals surface area contributed by atoms with E-state index in [4.69, 9.17) is 14.9 Å². The van der Waals surface area contributed by atoms with Gasteiger partial charge in [-0.3, -0.25) is 9.59 Å². The first-order valence-electron chi connectivity index (χ1n) is 6.80. The second-order valence-electron chi connectivity index (χ2n) is 4.78. The molecule has 5 nitrogen and oxygen atoms in total. The third-order valence-corrected chi connectivity index (χ3v) is 3.09. The summed E-state index contributed by atoms with van der Waals surface area (Å²) in [5.41, 5.74) is 5.36. The third kappa shape index (κ3) is 3.94. The van der Waals surface area contributed by atoms with Crippen LogP contribution in [0, 0.1) is 5.82 Å². The quantitative estimate of drug-likeness (QED) is 0.831. The summed E-state index contributed by atoms with van der Waals surface area (Å²) < 4.78 is 24.0. The van der Waals surface area contributed by atoms with Gasteiger partial charge in [-0.15, -0.1) is 0 Å². The molecule has 0 saturated heterocycles. The van der Waals surface area contributed by atoms with E-state index in [1.54, 1.807) is 30.3 Å². The second kappa shape index (κ2) is 6.89. The predicted molar refractivity (Wildman–Crippen MR) is 77.2 cm³/mol. The van der Waals surface area contributed by atoms with Crippen LogP contribution in [-0.4, -0.2) is 18.0 Å². The second-order valence-corrected chi connectivity index (χ2v) is 4.78. The summed E-state index contributed by atoms with van der Waals surface area (Å²) in [7, 11) is 0. The average Bonchev–Trinajstić information content (AvgIpc) is 2.94. The maximum absolute atomic E-state index is 13.6. The number of ether oxygens (including phenoxy) is 1. The normalized spacial score (nSPS) is 11.9. The molecule has 1 aromatic heterocycles. The highest BCUT2D eigenvalue weighted by molar-refractivity contribution is 5.81. The van der Waals surface area contributed by atoms with Gasteiger partial charge in [0.25, 0.3) is 5.91 Å². The molecule has 2 rings (SSSR count). The Morgan fingerprint density at radius 2 is 2.00 bits per heavy atom. The van der Waals surface area contributed by atoms with Gasteiger partial charge in [-0.2, -0.15) is 0 Å². The highest BCUT2D eigenvalue weighted by Gasteiger charge is 2.15. The lowest BCUT2D eigenvalue weighted by molar-refractivity contribution is -0.153. The fourth-order valence-corrected chi connectivity index (χ4v) is 1.86. The van der Waals surface area contributed by atoms with Gasteiger partial charge >= 0.3 is 5.97 Å². The van der Waals surface area contributed by atoms with Crippen LogP contribution in [0.5, 0.6) is 0 Å². The van der Waals surface area contributed by atoms with Crippen molar-refractivity contribution in [1.82, 2.24) is 0 Å². The number of carbonyl (C=O) groups is 2. The molecule has 1 heterocycles. The van der Waals surface area contributed by atoms with Crippen LogP contribution in [0.1, 0.15) is 19.1 Å². The van der Waals surface area contributed by atoms with Crippen molar-refractivity contribution in [2.75, 3.05) is 0 Å². The smallest absolute Gasteiger partial charge is 0.307 e. The molecule has 0 spiro atoms. The molecular weight excluding hydrogens is 289 g/mol. The number of primary amides is 1. The molecule has 116 valence electrons. The van der Waals surface area contributed by atoms with E-state index in [1.165, 1.54) is 13.0 Å². The number of nitrogens with two attached hydrogens (primary N) is 1. The lowest BCUT2D eigenvalue weighted by Crippen LogP contribution is -2.30. The zero-order chi connectivity index (χ0) is 16.1. The fourth-order valence-electron chi connectivity index (χ4n) is 1.86. The first-order chi connectivity index (χ1) is 10.5. The topological polar surface area (TPSA) is 82.5 Å². The number of rotatable bonds is 6. The lowest BCUT2D eigenvalue weighted by atomic mass is 10.1. The molecule has 1 atom stereocenters. The summed E-state index contributed by atoms with van der Waals surface area (Å²) in [5.74, 6) is -0.699. The Balaban J connectivity index is 1.94. The molecule has 0 fully saturated rings. The molecule has 0 aliphatic carbocycles. The predicted octanol–water partition coefficient (Wildman–Crippen LogP) is 2.44. The van der Waals surface area contributed by atoms with Crippen molar-refractivity contribution in [3.63, 3.8) is 0 Å². The minimum absolute atomic E-state index is 0.0435. The summed E-state index contributed by atoms with van der Waals surface area (Å²) in [4.78, 5) is 22.3. The van der Waals surface area contributed by atoms with Gasteiger partial charge in [-0.05, 0) is 31.2 Å². The van der Waals surface area contributed by atoms with Crippen LogP contribution in [0.3, 0.4) is 0 Å². The number of benzene rings is 1. The number of amides is 1. The molecule has 2 N–H and O–H groups in total. The van der Waals surface area contributed by atoms with E-state index in [9.17, 15) is 14.0 Å². The molecule has 0 unspecified atom stereocenters. The van der Waals surface area contributed by atoms with Crippen molar-refractivity contribution in [2.45, 2.75) is 25.9 Å². The molecule has 22 heavy (non-hydrogen) atoms. The highest BCUT2D eigenvalue weighted by Crippen LogP contribution is 2.25. The number of hydrogen-bond donors (Lipinski definition) is 1. The van der Waals surface area contributed by atoms with E-state index in [0.717, 1.165) is 0 Å². The summed E-state index contributed by atoms with van der Waals surface area (Å²) >= 11 is 0. The number of halogens is 1.